The van der Waals surface area contributed by atoms with Crippen LogP contribution in [0.2, 0.25) is 0 Å². The van der Waals surface area contributed by atoms with Crippen molar-refractivity contribution >= 4 is 17.1 Å². The minimum Gasteiger partial charge on any atom is -0.324 e. The van der Waals surface area contributed by atoms with E-state index in [9.17, 15) is 14.4 Å². The fourth-order valence-corrected chi connectivity index (χ4v) is 2.95. The Labute approximate surface area is 143 Å². The second kappa shape index (κ2) is 6.96. The van der Waals surface area contributed by atoms with E-state index in [2.05, 4.69) is 21.9 Å². The Kier molecular flexibility index (Phi) is 4.73. The van der Waals surface area contributed by atoms with Crippen molar-refractivity contribution in [1.82, 2.24) is 29.5 Å². The molecule has 134 valence electrons. The van der Waals surface area contributed by atoms with Crippen molar-refractivity contribution in [3.8, 4) is 0 Å². The Balaban J connectivity index is 1.69. The van der Waals surface area contributed by atoms with Gasteiger partial charge in [-0.3, -0.25) is 24.1 Å². The molecule has 2 heterocycles. The topological polar surface area (TPSA) is 103 Å². The molecule has 9 heteroatoms. The average Bonchev–Trinajstić information content (AvgIpc) is 3.06. The summed E-state index contributed by atoms with van der Waals surface area (Å²) in [4.78, 5) is 40.4. The van der Waals surface area contributed by atoms with E-state index in [1.54, 1.807) is 11.6 Å². The summed E-state index contributed by atoms with van der Waals surface area (Å²) >= 11 is 0. The third-order valence-corrected chi connectivity index (χ3v) is 4.45. The molecule has 0 saturated heterocycles. The first-order chi connectivity index (χ1) is 12.0. The number of aryl methyl sites for hydroxylation is 2. The third-order valence-electron chi connectivity index (χ3n) is 4.45. The molecular formula is C16H22N6O3. The zero-order valence-electron chi connectivity index (χ0n) is 14.4. The lowest BCUT2D eigenvalue weighted by molar-refractivity contribution is -0.122. The maximum Gasteiger partial charge on any atom is 0.332 e. The van der Waals surface area contributed by atoms with Crippen molar-refractivity contribution in [2.45, 2.75) is 38.6 Å². The molecule has 0 fully saturated rings. The molecule has 2 N–H and O–H groups in total. The Morgan fingerprint density at radius 1 is 1.24 bits per heavy atom. The van der Waals surface area contributed by atoms with Crippen molar-refractivity contribution < 1.29 is 4.79 Å². The van der Waals surface area contributed by atoms with Gasteiger partial charge in [-0.2, -0.15) is 0 Å². The van der Waals surface area contributed by atoms with Gasteiger partial charge in [0.2, 0.25) is 5.91 Å². The van der Waals surface area contributed by atoms with Crippen molar-refractivity contribution in [1.29, 1.82) is 0 Å². The van der Waals surface area contributed by atoms with Crippen LogP contribution in [0.3, 0.4) is 0 Å². The molecule has 9 nitrogen and oxygen atoms in total. The fourth-order valence-electron chi connectivity index (χ4n) is 2.95. The number of hydrazine groups is 1. The molecule has 0 saturated carbocycles. The highest BCUT2D eigenvalue weighted by molar-refractivity contribution is 5.76. The second-order valence-electron chi connectivity index (χ2n) is 6.21. The smallest absolute Gasteiger partial charge is 0.324 e. The van der Waals surface area contributed by atoms with Crippen LogP contribution in [0.25, 0.3) is 11.2 Å². The lowest BCUT2D eigenvalue weighted by atomic mass is 10.1. The monoisotopic (exact) mass is 346 g/mol. The maximum absolute atomic E-state index is 12.3. The number of fused-ring (bicyclic) bond motifs is 1. The average molecular weight is 346 g/mol. The van der Waals surface area contributed by atoms with Gasteiger partial charge >= 0.3 is 5.69 Å². The lowest BCUT2D eigenvalue weighted by Gasteiger charge is -2.15. The van der Waals surface area contributed by atoms with Crippen LogP contribution >= 0.6 is 0 Å². The van der Waals surface area contributed by atoms with Gasteiger partial charge in [0.05, 0.1) is 6.33 Å². The Morgan fingerprint density at radius 3 is 2.76 bits per heavy atom. The van der Waals surface area contributed by atoms with Crippen LogP contribution < -0.4 is 22.1 Å². The summed E-state index contributed by atoms with van der Waals surface area (Å²) in [5.41, 5.74) is 6.47. The van der Waals surface area contributed by atoms with E-state index >= 15 is 0 Å². The van der Waals surface area contributed by atoms with Gasteiger partial charge in [0.1, 0.15) is 0 Å². The summed E-state index contributed by atoms with van der Waals surface area (Å²) < 4.78 is 3.97. The summed E-state index contributed by atoms with van der Waals surface area (Å²) in [6.07, 6.45) is 8.05. The first-order valence-electron chi connectivity index (χ1n) is 8.34. The number of carbonyl (C=O) groups excluding carboxylic acids is 1. The highest BCUT2D eigenvalue weighted by atomic mass is 16.2. The number of rotatable bonds is 5. The second-order valence-corrected chi connectivity index (χ2v) is 6.21. The molecule has 0 spiro atoms. The van der Waals surface area contributed by atoms with Gasteiger partial charge in [0.25, 0.3) is 5.56 Å². The minimum absolute atomic E-state index is 0.171. The van der Waals surface area contributed by atoms with Gasteiger partial charge in [-0.25, -0.2) is 9.78 Å². The molecule has 2 aromatic rings. The first kappa shape index (κ1) is 17.0. The van der Waals surface area contributed by atoms with Crippen LogP contribution in [-0.4, -0.2) is 24.6 Å². The van der Waals surface area contributed by atoms with Crippen LogP contribution in [0, 0.1) is 0 Å². The quantitative estimate of drug-likeness (QED) is 0.736. The SMILES string of the molecule is Cn1c(=O)c2c(ncn2CCC(=O)NNC2=CCCCC2)n(C)c1=O. The van der Waals surface area contributed by atoms with Crippen molar-refractivity contribution in [2.24, 2.45) is 14.1 Å². The number of aromatic nitrogens is 4. The molecule has 1 aliphatic rings. The summed E-state index contributed by atoms with van der Waals surface area (Å²) in [5, 5.41) is 0. The number of nitrogens with one attached hydrogen (secondary N) is 2. The maximum atomic E-state index is 12.3. The lowest BCUT2D eigenvalue weighted by Crippen LogP contribution is -2.38. The van der Waals surface area contributed by atoms with Gasteiger partial charge in [0.15, 0.2) is 11.2 Å². The summed E-state index contributed by atoms with van der Waals surface area (Å²) in [6, 6.07) is 0. The van der Waals surface area contributed by atoms with Crippen LogP contribution in [-0.2, 0) is 25.4 Å². The normalized spacial score (nSPS) is 14.4. The summed E-state index contributed by atoms with van der Waals surface area (Å²) in [5.74, 6) is -0.171. The van der Waals surface area contributed by atoms with E-state index in [4.69, 9.17) is 0 Å². The summed E-state index contributed by atoms with van der Waals surface area (Å²) in [6.45, 7) is 0.302. The number of hydrogen-bond acceptors (Lipinski definition) is 5. The molecule has 1 amide bonds. The third kappa shape index (κ3) is 3.35. The van der Waals surface area contributed by atoms with Crippen molar-refractivity contribution in [3.05, 3.63) is 38.9 Å². The van der Waals surface area contributed by atoms with Gasteiger partial charge in [-0.1, -0.05) is 6.08 Å². The first-order valence-corrected chi connectivity index (χ1v) is 8.34. The highest BCUT2D eigenvalue weighted by Crippen LogP contribution is 2.14. The standard InChI is InChI=1S/C16H22N6O3/c1-20-14-13(15(24)21(2)16(20)25)22(10-17-14)9-8-12(23)19-18-11-6-4-3-5-7-11/h6,10,18H,3-5,7-9H2,1-2H3,(H,19,23). The van der Waals surface area contributed by atoms with Crippen molar-refractivity contribution in [2.75, 3.05) is 0 Å². The Morgan fingerprint density at radius 2 is 2.04 bits per heavy atom. The Bertz CT molecular complexity index is 949. The molecular weight excluding hydrogens is 324 g/mol. The van der Waals surface area contributed by atoms with E-state index < -0.39 is 11.2 Å². The fraction of sp³-hybridized carbons (Fsp3) is 0.500. The molecule has 0 bridgehead atoms. The molecule has 0 aliphatic heterocycles. The molecule has 25 heavy (non-hydrogen) atoms. The van der Waals surface area contributed by atoms with Gasteiger partial charge in [-0.05, 0) is 25.7 Å². The van der Waals surface area contributed by atoms with Crippen LogP contribution in [0.4, 0.5) is 0 Å². The van der Waals surface area contributed by atoms with E-state index in [-0.39, 0.29) is 12.3 Å². The van der Waals surface area contributed by atoms with Crippen LogP contribution in [0.5, 0.6) is 0 Å². The van der Waals surface area contributed by atoms with E-state index in [0.29, 0.717) is 17.7 Å². The molecule has 0 aromatic carbocycles. The van der Waals surface area contributed by atoms with E-state index in [1.165, 1.54) is 24.4 Å². The molecule has 0 atom stereocenters. The zero-order chi connectivity index (χ0) is 18.0. The van der Waals surface area contributed by atoms with Gasteiger partial charge in [-0.15, -0.1) is 0 Å². The zero-order valence-corrected chi connectivity index (χ0v) is 14.4. The minimum atomic E-state index is -0.426. The van der Waals surface area contributed by atoms with E-state index in [1.807, 2.05) is 0 Å². The highest BCUT2D eigenvalue weighted by Gasteiger charge is 2.15. The van der Waals surface area contributed by atoms with E-state index in [0.717, 1.165) is 29.5 Å². The molecule has 3 rings (SSSR count). The number of allylic oxidation sites excluding steroid dienone is 2. The van der Waals surface area contributed by atoms with Crippen molar-refractivity contribution in [3.63, 3.8) is 0 Å². The number of amides is 1. The molecule has 0 unspecified atom stereocenters. The molecule has 0 radical (unpaired) electrons. The predicted molar refractivity (Wildman–Crippen MR) is 92.7 cm³/mol. The molecule has 1 aliphatic carbocycles. The molecule has 2 aromatic heterocycles. The summed E-state index contributed by atoms with van der Waals surface area (Å²) in [7, 11) is 2.99. The number of imidazole rings is 1. The predicted octanol–water partition coefficient (Wildman–Crippen LogP) is -0.0975. The van der Waals surface area contributed by atoms with Crippen LogP contribution in [0.15, 0.2) is 27.7 Å². The number of nitrogens with zero attached hydrogens (tertiary/aromatic N) is 4. The number of carbonyl (C=O) groups is 1. The number of hydrogen-bond donors (Lipinski definition) is 2. The van der Waals surface area contributed by atoms with Gasteiger partial charge in [0, 0.05) is 32.8 Å². The largest absolute Gasteiger partial charge is 0.332 e. The van der Waals surface area contributed by atoms with Gasteiger partial charge < -0.3 is 9.99 Å². The Hall–Kier alpha value is -2.84. The van der Waals surface area contributed by atoms with Crippen LogP contribution in [0.1, 0.15) is 32.1 Å².